The van der Waals surface area contributed by atoms with Gasteiger partial charge in [-0.3, -0.25) is 4.79 Å². The molecular formula is C17H13N3O2S. The van der Waals surface area contributed by atoms with Gasteiger partial charge in [-0.15, -0.1) is 11.3 Å². The minimum Gasteiger partial charge on any atom is -0.355 e. The highest BCUT2D eigenvalue weighted by Crippen LogP contribution is 2.25. The van der Waals surface area contributed by atoms with Crippen LogP contribution < -0.4 is 5.32 Å². The molecule has 4 rings (SSSR count). The fraction of sp³-hybridized carbons (Fsp3) is 0.0588. The predicted octanol–water partition coefficient (Wildman–Crippen LogP) is 3.81. The van der Waals surface area contributed by atoms with E-state index in [4.69, 9.17) is 4.52 Å². The first kappa shape index (κ1) is 13.8. The molecule has 0 aliphatic heterocycles. The molecular weight excluding hydrogens is 310 g/mol. The van der Waals surface area contributed by atoms with E-state index in [1.54, 1.807) is 11.3 Å². The lowest BCUT2D eigenvalue weighted by atomic mass is 10.2. The second kappa shape index (κ2) is 5.73. The molecule has 5 nitrogen and oxygen atoms in total. The molecule has 3 heterocycles. The Morgan fingerprint density at radius 2 is 2.13 bits per heavy atom. The number of aromatic nitrogens is 2. The molecule has 0 atom stereocenters. The monoisotopic (exact) mass is 323 g/mol. The van der Waals surface area contributed by atoms with E-state index in [2.05, 4.69) is 15.5 Å². The van der Waals surface area contributed by atoms with Crippen LogP contribution in [0.3, 0.4) is 0 Å². The third-order valence-corrected chi connectivity index (χ3v) is 4.41. The average Bonchev–Trinajstić information content (AvgIpc) is 3.31. The maximum absolute atomic E-state index is 12.2. The number of nitrogens with zero attached hydrogens (tertiary/aromatic N) is 1. The molecule has 1 aromatic carbocycles. The summed E-state index contributed by atoms with van der Waals surface area (Å²) in [5.41, 5.74) is 2.17. The van der Waals surface area contributed by atoms with Gasteiger partial charge in [-0.25, -0.2) is 0 Å². The number of para-hydroxylation sites is 1. The highest BCUT2D eigenvalue weighted by atomic mass is 32.1. The quantitative estimate of drug-likeness (QED) is 0.600. The van der Waals surface area contributed by atoms with Crippen molar-refractivity contribution in [2.24, 2.45) is 0 Å². The van der Waals surface area contributed by atoms with Crippen molar-refractivity contribution < 1.29 is 9.32 Å². The predicted molar refractivity (Wildman–Crippen MR) is 89.3 cm³/mol. The number of amides is 1. The van der Waals surface area contributed by atoms with Crippen molar-refractivity contribution in [3.05, 3.63) is 65.3 Å². The van der Waals surface area contributed by atoms with Crippen LogP contribution in [0.25, 0.3) is 21.5 Å². The van der Waals surface area contributed by atoms with Crippen LogP contribution in [-0.2, 0) is 6.54 Å². The number of benzene rings is 1. The summed E-state index contributed by atoms with van der Waals surface area (Å²) in [6, 6.07) is 15.4. The average molecular weight is 323 g/mol. The summed E-state index contributed by atoms with van der Waals surface area (Å²) < 4.78 is 5.30. The molecule has 0 saturated carbocycles. The number of nitrogens with one attached hydrogen (secondary N) is 2. The SMILES string of the molecule is O=C(NCc1cc(-c2cccs2)on1)c1cc2ccccc2[nH]1. The lowest BCUT2D eigenvalue weighted by Crippen LogP contribution is -2.23. The molecule has 0 spiro atoms. The van der Waals surface area contributed by atoms with E-state index < -0.39 is 0 Å². The molecule has 0 radical (unpaired) electrons. The zero-order valence-corrected chi connectivity index (χ0v) is 12.9. The van der Waals surface area contributed by atoms with E-state index in [-0.39, 0.29) is 5.91 Å². The fourth-order valence-corrected chi connectivity index (χ4v) is 3.06. The van der Waals surface area contributed by atoms with Gasteiger partial charge in [0.2, 0.25) is 0 Å². The highest BCUT2D eigenvalue weighted by Gasteiger charge is 2.11. The number of hydrogen-bond acceptors (Lipinski definition) is 4. The number of carbonyl (C=O) groups excluding carboxylic acids is 1. The lowest BCUT2D eigenvalue weighted by Gasteiger charge is -1.99. The minimum absolute atomic E-state index is 0.165. The van der Waals surface area contributed by atoms with Crippen LogP contribution in [0.2, 0.25) is 0 Å². The molecule has 4 aromatic rings. The van der Waals surface area contributed by atoms with E-state index in [9.17, 15) is 4.79 Å². The Labute approximate surface area is 135 Å². The van der Waals surface area contributed by atoms with Crippen molar-refractivity contribution >= 4 is 28.1 Å². The largest absolute Gasteiger partial charge is 0.355 e. The highest BCUT2D eigenvalue weighted by molar-refractivity contribution is 7.13. The Morgan fingerprint density at radius 1 is 1.22 bits per heavy atom. The van der Waals surface area contributed by atoms with Crippen LogP contribution in [0.5, 0.6) is 0 Å². The molecule has 0 aliphatic carbocycles. The Balaban J connectivity index is 1.45. The van der Waals surface area contributed by atoms with Gasteiger partial charge in [-0.2, -0.15) is 0 Å². The van der Waals surface area contributed by atoms with Crippen molar-refractivity contribution in [2.45, 2.75) is 6.54 Å². The molecule has 1 amide bonds. The third kappa shape index (κ3) is 2.76. The standard InChI is InChI=1S/C17H13N3O2S/c21-17(14-8-11-4-1-2-5-13(11)19-14)18-10-12-9-15(22-20-12)16-6-3-7-23-16/h1-9,19H,10H2,(H,18,21). The number of fused-ring (bicyclic) bond motifs is 1. The van der Waals surface area contributed by atoms with Gasteiger partial charge in [0.15, 0.2) is 5.76 Å². The van der Waals surface area contributed by atoms with Crippen LogP contribution in [-0.4, -0.2) is 16.0 Å². The van der Waals surface area contributed by atoms with E-state index in [1.165, 1.54) is 0 Å². The summed E-state index contributed by atoms with van der Waals surface area (Å²) in [5, 5.41) is 9.83. The topological polar surface area (TPSA) is 70.9 Å². The van der Waals surface area contributed by atoms with E-state index in [0.717, 1.165) is 21.5 Å². The van der Waals surface area contributed by atoms with Crippen LogP contribution in [0.1, 0.15) is 16.2 Å². The van der Waals surface area contributed by atoms with Gasteiger partial charge in [0.1, 0.15) is 11.4 Å². The van der Waals surface area contributed by atoms with Crippen LogP contribution in [0.15, 0.2) is 58.4 Å². The first-order chi connectivity index (χ1) is 11.3. The molecule has 6 heteroatoms. The summed E-state index contributed by atoms with van der Waals surface area (Å²) in [5.74, 6) is 0.553. The summed E-state index contributed by atoms with van der Waals surface area (Å²) in [6.07, 6.45) is 0. The normalized spacial score (nSPS) is 11.0. The number of hydrogen-bond donors (Lipinski definition) is 2. The van der Waals surface area contributed by atoms with E-state index in [1.807, 2.05) is 53.9 Å². The maximum Gasteiger partial charge on any atom is 0.268 e. The summed E-state index contributed by atoms with van der Waals surface area (Å²) in [6.45, 7) is 0.322. The van der Waals surface area contributed by atoms with Crippen LogP contribution >= 0.6 is 11.3 Å². The Kier molecular flexibility index (Phi) is 3.44. The van der Waals surface area contributed by atoms with Gasteiger partial charge in [0, 0.05) is 17.0 Å². The first-order valence-electron chi connectivity index (χ1n) is 7.15. The number of carbonyl (C=O) groups is 1. The fourth-order valence-electron chi connectivity index (χ4n) is 2.39. The van der Waals surface area contributed by atoms with E-state index >= 15 is 0 Å². The molecule has 0 fully saturated rings. The van der Waals surface area contributed by atoms with Crippen LogP contribution in [0.4, 0.5) is 0 Å². The van der Waals surface area contributed by atoms with Gasteiger partial charge in [0.25, 0.3) is 5.91 Å². The summed E-state index contributed by atoms with van der Waals surface area (Å²) in [7, 11) is 0. The second-order valence-electron chi connectivity index (χ2n) is 5.11. The Bertz CT molecular complexity index is 920. The summed E-state index contributed by atoms with van der Waals surface area (Å²) >= 11 is 1.59. The van der Waals surface area contributed by atoms with Gasteiger partial charge in [0.05, 0.1) is 11.4 Å². The molecule has 0 saturated heterocycles. The number of aromatic amines is 1. The number of H-pyrrole nitrogens is 1. The molecule has 23 heavy (non-hydrogen) atoms. The molecule has 0 aliphatic rings. The lowest BCUT2D eigenvalue weighted by molar-refractivity contribution is 0.0946. The number of rotatable bonds is 4. The third-order valence-electron chi connectivity index (χ3n) is 3.53. The summed E-state index contributed by atoms with van der Waals surface area (Å²) in [4.78, 5) is 16.3. The molecule has 2 N–H and O–H groups in total. The van der Waals surface area contributed by atoms with Crippen LogP contribution in [0, 0.1) is 0 Å². The molecule has 3 aromatic heterocycles. The van der Waals surface area contributed by atoms with Gasteiger partial charge in [-0.05, 0) is 23.6 Å². The van der Waals surface area contributed by atoms with Crippen molar-refractivity contribution in [3.63, 3.8) is 0 Å². The van der Waals surface area contributed by atoms with Crippen molar-refractivity contribution in [3.8, 4) is 10.6 Å². The molecule has 0 unspecified atom stereocenters. The van der Waals surface area contributed by atoms with E-state index in [0.29, 0.717) is 17.9 Å². The van der Waals surface area contributed by atoms with Crippen molar-refractivity contribution in [1.82, 2.24) is 15.5 Å². The van der Waals surface area contributed by atoms with Crippen molar-refractivity contribution in [1.29, 1.82) is 0 Å². The van der Waals surface area contributed by atoms with Gasteiger partial charge in [-0.1, -0.05) is 29.4 Å². The van der Waals surface area contributed by atoms with Gasteiger partial charge >= 0.3 is 0 Å². The zero-order valence-electron chi connectivity index (χ0n) is 12.1. The van der Waals surface area contributed by atoms with Gasteiger partial charge < -0.3 is 14.8 Å². The first-order valence-corrected chi connectivity index (χ1v) is 8.03. The molecule has 0 bridgehead atoms. The zero-order chi connectivity index (χ0) is 15.6. The second-order valence-corrected chi connectivity index (χ2v) is 6.06. The van der Waals surface area contributed by atoms with Crippen molar-refractivity contribution in [2.75, 3.05) is 0 Å². The Morgan fingerprint density at radius 3 is 2.96 bits per heavy atom. The smallest absolute Gasteiger partial charge is 0.268 e. The maximum atomic E-state index is 12.2. The minimum atomic E-state index is -0.165. The Hall–Kier alpha value is -2.86. The number of thiophene rings is 1. The molecule has 114 valence electrons.